The maximum atomic E-state index is 13.2. The lowest BCUT2D eigenvalue weighted by molar-refractivity contribution is -0.124. The van der Waals surface area contributed by atoms with Crippen LogP contribution in [0.15, 0.2) is 47.4 Å². The van der Waals surface area contributed by atoms with E-state index in [4.69, 9.17) is 10.7 Å². The number of amides is 1. The van der Waals surface area contributed by atoms with Crippen molar-refractivity contribution in [2.75, 3.05) is 13.1 Å². The van der Waals surface area contributed by atoms with Crippen LogP contribution < -0.4 is 5.73 Å². The molecule has 0 unspecified atom stereocenters. The van der Waals surface area contributed by atoms with Crippen molar-refractivity contribution >= 4 is 27.0 Å². The first kappa shape index (κ1) is 23.0. The van der Waals surface area contributed by atoms with E-state index in [1.807, 2.05) is 31.2 Å². The number of sulfonamides is 1. The van der Waals surface area contributed by atoms with Gasteiger partial charge in [-0.2, -0.15) is 4.31 Å². The summed E-state index contributed by atoms with van der Waals surface area (Å²) >= 11 is 0. The predicted molar refractivity (Wildman–Crippen MR) is 130 cm³/mol. The Morgan fingerprint density at radius 3 is 2.53 bits per heavy atom. The van der Waals surface area contributed by atoms with Gasteiger partial charge in [0.25, 0.3) is 0 Å². The molecule has 5 rings (SSSR count). The number of fused-ring (bicyclic) bond motifs is 2. The molecule has 1 fully saturated rings. The molecule has 1 saturated heterocycles. The van der Waals surface area contributed by atoms with Crippen LogP contribution in [0.2, 0.25) is 0 Å². The van der Waals surface area contributed by atoms with Crippen LogP contribution >= 0.6 is 0 Å². The summed E-state index contributed by atoms with van der Waals surface area (Å²) < 4.78 is 30.0. The van der Waals surface area contributed by atoms with E-state index in [0.29, 0.717) is 44.7 Å². The summed E-state index contributed by atoms with van der Waals surface area (Å²) in [7, 11) is -3.53. The van der Waals surface area contributed by atoms with Gasteiger partial charge in [0.15, 0.2) is 0 Å². The summed E-state index contributed by atoms with van der Waals surface area (Å²) in [4.78, 5) is 19.5. The lowest BCUT2D eigenvalue weighted by atomic mass is 9.93. The van der Waals surface area contributed by atoms with Gasteiger partial charge in [-0.3, -0.25) is 9.69 Å². The second-order valence-corrected chi connectivity index (χ2v) is 11.1. The van der Waals surface area contributed by atoms with Crippen molar-refractivity contribution in [3.8, 4) is 0 Å². The number of carbonyl (C=O) groups is 1. The molecule has 1 aromatic heterocycles. The normalized spacial score (nSPS) is 19.9. The standard InChI is InChI=1S/C25H31N5O3S/c1-2-30-22-11-10-20(34(32,33)29-12-6-3-7-13-29)15-21(22)27-24(30)17-28-16-19-9-5-4-8-18(19)14-23(28)25(26)31/h4-5,8-11,15,23H,2-3,6-7,12-14,16-17H2,1H3,(H2,26,31)/t23-/m1/s1. The van der Waals surface area contributed by atoms with Gasteiger partial charge in [-0.25, -0.2) is 13.4 Å². The van der Waals surface area contributed by atoms with Crippen LogP contribution in [0, 0.1) is 0 Å². The molecular weight excluding hydrogens is 450 g/mol. The predicted octanol–water partition coefficient (Wildman–Crippen LogP) is 2.64. The molecule has 0 saturated carbocycles. The lowest BCUT2D eigenvalue weighted by Gasteiger charge is -2.34. The van der Waals surface area contributed by atoms with Gasteiger partial charge < -0.3 is 10.3 Å². The van der Waals surface area contributed by atoms with Crippen LogP contribution in [-0.4, -0.2) is 52.2 Å². The first-order chi connectivity index (χ1) is 16.4. The Labute approximate surface area is 200 Å². The summed E-state index contributed by atoms with van der Waals surface area (Å²) in [6.45, 7) is 4.94. The second-order valence-electron chi connectivity index (χ2n) is 9.18. The van der Waals surface area contributed by atoms with Crippen molar-refractivity contribution in [1.82, 2.24) is 18.8 Å². The molecule has 2 aliphatic rings. The van der Waals surface area contributed by atoms with Crippen molar-refractivity contribution in [2.24, 2.45) is 5.73 Å². The molecule has 0 radical (unpaired) electrons. The van der Waals surface area contributed by atoms with E-state index in [0.717, 1.165) is 36.2 Å². The summed E-state index contributed by atoms with van der Waals surface area (Å²) in [6.07, 6.45) is 3.45. The van der Waals surface area contributed by atoms with Gasteiger partial charge in [-0.1, -0.05) is 30.7 Å². The number of hydrogen-bond donors (Lipinski definition) is 1. The van der Waals surface area contributed by atoms with Crippen molar-refractivity contribution < 1.29 is 13.2 Å². The molecule has 8 nitrogen and oxygen atoms in total. The van der Waals surface area contributed by atoms with Gasteiger partial charge in [0.05, 0.1) is 28.5 Å². The summed E-state index contributed by atoms with van der Waals surface area (Å²) in [5.41, 5.74) is 9.66. The lowest BCUT2D eigenvalue weighted by Crippen LogP contribution is -2.48. The second kappa shape index (κ2) is 9.13. The average Bonchev–Trinajstić information content (AvgIpc) is 3.20. The first-order valence-corrected chi connectivity index (χ1v) is 13.4. The number of aromatic nitrogens is 2. The number of imidazole rings is 1. The number of aryl methyl sites for hydroxylation is 1. The highest BCUT2D eigenvalue weighted by Gasteiger charge is 2.31. The van der Waals surface area contributed by atoms with Crippen LogP contribution in [0.1, 0.15) is 43.1 Å². The average molecular weight is 482 g/mol. The van der Waals surface area contributed by atoms with Crippen molar-refractivity contribution in [2.45, 2.75) is 63.2 Å². The number of hydrogen-bond acceptors (Lipinski definition) is 5. The fourth-order valence-electron chi connectivity index (χ4n) is 5.25. The number of rotatable bonds is 6. The SMILES string of the molecule is CCn1c(CN2Cc3ccccc3C[C@@H]2C(N)=O)nc2cc(S(=O)(=O)N3CCCCC3)ccc21. The Morgan fingerprint density at radius 2 is 1.82 bits per heavy atom. The smallest absolute Gasteiger partial charge is 0.243 e. The number of benzene rings is 2. The third-order valence-electron chi connectivity index (χ3n) is 7.09. The van der Waals surface area contributed by atoms with E-state index in [2.05, 4.69) is 15.5 Å². The van der Waals surface area contributed by atoms with Crippen molar-refractivity contribution in [3.63, 3.8) is 0 Å². The Bertz CT molecular complexity index is 1330. The maximum Gasteiger partial charge on any atom is 0.243 e. The van der Waals surface area contributed by atoms with E-state index in [1.54, 1.807) is 16.4 Å². The number of nitrogens with zero attached hydrogens (tertiary/aromatic N) is 4. The van der Waals surface area contributed by atoms with E-state index in [1.165, 1.54) is 5.56 Å². The number of primary amides is 1. The molecule has 180 valence electrons. The highest BCUT2D eigenvalue weighted by atomic mass is 32.2. The highest BCUT2D eigenvalue weighted by molar-refractivity contribution is 7.89. The minimum absolute atomic E-state index is 0.288. The minimum Gasteiger partial charge on any atom is -0.368 e. The molecule has 2 aliphatic heterocycles. The number of piperidine rings is 1. The first-order valence-electron chi connectivity index (χ1n) is 12.0. The third kappa shape index (κ3) is 4.12. The topological polar surface area (TPSA) is 102 Å². The van der Waals surface area contributed by atoms with Crippen LogP contribution in [0.4, 0.5) is 0 Å². The largest absolute Gasteiger partial charge is 0.368 e. The number of carbonyl (C=O) groups excluding carboxylic acids is 1. The van der Waals surface area contributed by atoms with Crippen LogP contribution in [0.5, 0.6) is 0 Å². The zero-order valence-corrected chi connectivity index (χ0v) is 20.3. The van der Waals surface area contributed by atoms with Gasteiger partial charge in [0, 0.05) is 26.2 Å². The van der Waals surface area contributed by atoms with E-state index in [-0.39, 0.29) is 10.8 Å². The fraction of sp³-hybridized carbons (Fsp3) is 0.440. The molecule has 2 aromatic carbocycles. The van der Waals surface area contributed by atoms with Crippen molar-refractivity contribution in [3.05, 3.63) is 59.4 Å². The number of nitrogens with two attached hydrogens (primary N) is 1. The van der Waals surface area contributed by atoms with Gasteiger partial charge in [0.2, 0.25) is 15.9 Å². The van der Waals surface area contributed by atoms with E-state index < -0.39 is 16.1 Å². The van der Waals surface area contributed by atoms with Gasteiger partial charge in [-0.15, -0.1) is 0 Å². The molecular formula is C25H31N5O3S. The van der Waals surface area contributed by atoms with Crippen molar-refractivity contribution in [1.29, 1.82) is 0 Å². The molecule has 3 aromatic rings. The zero-order valence-electron chi connectivity index (χ0n) is 19.5. The Morgan fingerprint density at radius 1 is 1.09 bits per heavy atom. The highest BCUT2D eigenvalue weighted by Crippen LogP contribution is 2.28. The Hall–Kier alpha value is -2.75. The third-order valence-corrected chi connectivity index (χ3v) is 8.98. The molecule has 34 heavy (non-hydrogen) atoms. The quantitative estimate of drug-likeness (QED) is 0.583. The molecule has 1 amide bonds. The molecule has 0 bridgehead atoms. The summed E-state index contributed by atoms with van der Waals surface area (Å²) in [5, 5.41) is 0. The van der Waals surface area contributed by atoms with Crippen LogP contribution in [0.25, 0.3) is 11.0 Å². The zero-order chi connectivity index (χ0) is 23.9. The Balaban J connectivity index is 1.48. The summed E-state index contributed by atoms with van der Waals surface area (Å²) in [6, 6.07) is 12.9. The fourth-order valence-corrected chi connectivity index (χ4v) is 6.79. The van der Waals surface area contributed by atoms with Gasteiger partial charge >= 0.3 is 0 Å². The van der Waals surface area contributed by atoms with Gasteiger partial charge in [-0.05, 0) is 55.5 Å². The molecule has 0 aliphatic carbocycles. The molecule has 3 heterocycles. The summed E-state index contributed by atoms with van der Waals surface area (Å²) in [5.74, 6) is 0.458. The maximum absolute atomic E-state index is 13.2. The minimum atomic E-state index is -3.53. The van der Waals surface area contributed by atoms with E-state index >= 15 is 0 Å². The molecule has 0 spiro atoms. The monoisotopic (exact) mass is 481 g/mol. The Kier molecular flexibility index (Phi) is 6.18. The molecule has 2 N–H and O–H groups in total. The molecule has 1 atom stereocenters. The molecule has 9 heteroatoms. The van der Waals surface area contributed by atoms with Crippen LogP contribution in [0.3, 0.4) is 0 Å². The van der Waals surface area contributed by atoms with Gasteiger partial charge in [0.1, 0.15) is 5.82 Å². The van der Waals surface area contributed by atoms with Crippen LogP contribution in [-0.2, 0) is 40.9 Å². The van der Waals surface area contributed by atoms with E-state index in [9.17, 15) is 13.2 Å².